The third kappa shape index (κ3) is 4.28. The van der Waals surface area contributed by atoms with E-state index < -0.39 is 0 Å². The van der Waals surface area contributed by atoms with E-state index in [0.717, 1.165) is 24.5 Å². The Morgan fingerprint density at radius 1 is 1.07 bits per heavy atom. The van der Waals surface area contributed by atoms with Crippen molar-refractivity contribution in [1.82, 2.24) is 9.97 Å². The van der Waals surface area contributed by atoms with Gasteiger partial charge in [0.05, 0.1) is 5.69 Å². The number of hydrogen-bond acceptors (Lipinski definition) is 3. The Hall–Kier alpha value is -1.12. The van der Waals surface area contributed by atoms with E-state index in [1.165, 1.54) is 25.7 Å². The highest BCUT2D eigenvalue weighted by molar-refractivity contribution is 5.39. The molecule has 0 saturated carbocycles. The molecule has 3 heteroatoms. The Bertz CT molecular complexity index is 273. The van der Waals surface area contributed by atoms with Crippen molar-refractivity contribution in [3.63, 3.8) is 0 Å². The van der Waals surface area contributed by atoms with Gasteiger partial charge in [-0.15, -0.1) is 0 Å². The van der Waals surface area contributed by atoms with Crippen LogP contribution in [0.2, 0.25) is 0 Å². The normalized spacial score (nSPS) is 10.3. The fraction of sp³-hybridized carbons (Fsp3) is 0.667. The Morgan fingerprint density at radius 2 is 1.87 bits per heavy atom. The second-order valence-corrected chi connectivity index (χ2v) is 3.69. The van der Waals surface area contributed by atoms with E-state index in [1.54, 1.807) is 12.4 Å². The molecule has 0 radical (unpaired) electrons. The Balaban J connectivity index is 2.44. The van der Waals surface area contributed by atoms with Gasteiger partial charge in [-0.05, 0) is 19.8 Å². The van der Waals surface area contributed by atoms with Gasteiger partial charge in [-0.3, -0.25) is 4.98 Å². The van der Waals surface area contributed by atoms with Crippen molar-refractivity contribution in [3.05, 3.63) is 18.1 Å². The lowest BCUT2D eigenvalue weighted by atomic mass is 10.1. The van der Waals surface area contributed by atoms with Gasteiger partial charge >= 0.3 is 0 Å². The largest absolute Gasteiger partial charge is 0.369 e. The van der Waals surface area contributed by atoms with Gasteiger partial charge in [-0.2, -0.15) is 0 Å². The van der Waals surface area contributed by atoms with Crippen molar-refractivity contribution in [2.24, 2.45) is 0 Å². The first-order chi connectivity index (χ1) is 7.38. The van der Waals surface area contributed by atoms with Crippen molar-refractivity contribution in [2.45, 2.75) is 46.0 Å². The summed E-state index contributed by atoms with van der Waals surface area (Å²) in [4.78, 5) is 8.66. The van der Waals surface area contributed by atoms with Crippen LogP contribution in [0.4, 0.5) is 5.82 Å². The summed E-state index contributed by atoms with van der Waals surface area (Å²) in [5, 5.41) is 3.24. The van der Waals surface area contributed by atoms with E-state index in [1.807, 2.05) is 0 Å². The lowest BCUT2D eigenvalue weighted by molar-refractivity contribution is 0.660. The van der Waals surface area contributed by atoms with Crippen LogP contribution in [0.5, 0.6) is 0 Å². The van der Waals surface area contributed by atoms with Crippen LogP contribution in [0, 0.1) is 0 Å². The number of nitrogens with one attached hydrogen (secondary N) is 1. The third-order valence-corrected chi connectivity index (χ3v) is 2.39. The molecule has 0 atom stereocenters. The predicted octanol–water partition coefficient (Wildman–Crippen LogP) is 3.03. The van der Waals surface area contributed by atoms with Crippen LogP contribution in [0.15, 0.2) is 12.4 Å². The number of anilines is 1. The first-order valence-corrected chi connectivity index (χ1v) is 5.92. The minimum atomic E-state index is 0.903. The number of nitrogens with zero attached hydrogens (tertiary/aromatic N) is 2. The molecular formula is C12H21N3. The molecule has 0 unspecified atom stereocenters. The SMILES string of the molecule is CCCCCCc1nccnc1NCC. The monoisotopic (exact) mass is 207 g/mol. The van der Waals surface area contributed by atoms with Gasteiger partial charge in [0.25, 0.3) is 0 Å². The molecule has 1 heterocycles. The molecule has 0 saturated heterocycles. The zero-order chi connectivity index (χ0) is 10.9. The van der Waals surface area contributed by atoms with Gasteiger partial charge in [-0.25, -0.2) is 4.98 Å². The maximum Gasteiger partial charge on any atom is 0.147 e. The quantitative estimate of drug-likeness (QED) is 0.698. The summed E-state index contributed by atoms with van der Waals surface area (Å²) in [6.45, 7) is 5.21. The van der Waals surface area contributed by atoms with E-state index in [9.17, 15) is 0 Å². The van der Waals surface area contributed by atoms with Crippen LogP contribution in [-0.2, 0) is 6.42 Å². The molecule has 15 heavy (non-hydrogen) atoms. The van der Waals surface area contributed by atoms with Crippen LogP contribution in [0.25, 0.3) is 0 Å². The van der Waals surface area contributed by atoms with Crippen LogP contribution in [-0.4, -0.2) is 16.5 Å². The highest BCUT2D eigenvalue weighted by atomic mass is 15.0. The lowest BCUT2D eigenvalue weighted by Crippen LogP contribution is -2.05. The smallest absolute Gasteiger partial charge is 0.147 e. The van der Waals surface area contributed by atoms with Crippen LogP contribution >= 0.6 is 0 Å². The summed E-state index contributed by atoms with van der Waals surface area (Å²) in [6, 6.07) is 0. The maximum absolute atomic E-state index is 4.37. The summed E-state index contributed by atoms with van der Waals surface area (Å²) >= 11 is 0. The van der Waals surface area contributed by atoms with Crippen LogP contribution in [0.1, 0.15) is 45.2 Å². The third-order valence-electron chi connectivity index (χ3n) is 2.39. The topological polar surface area (TPSA) is 37.8 Å². The number of hydrogen-bond donors (Lipinski definition) is 1. The minimum absolute atomic E-state index is 0.903. The van der Waals surface area contributed by atoms with Crippen molar-refractivity contribution in [2.75, 3.05) is 11.9 Å². The highest BCUT2D eigenvalue weighted by Crippen LogP contribution is 2.12. The van der Waals surface area contributed by atoms with Crippen molar-refractivity contribution in [1.29, 1.82) is 0 Å². The van der Waals surface area contributed by atoms with Crippen LogP contribution < -0.4 is 5.32 Å². The molecule has 0 amide bonds. The van der Waals surface area contributed by atoms with Crippen molar-refractivity contribution in [3.8, 4) is 0 Å². The zero-order valence-electron chi connectivity index (χ0n) is 9.79. The number of aromatic nitrogens is 2. The molecule has 0 aliphatic heterocycles. The summed E-state index contributed by atoms with van der Waals surface area (Å²) < 4.78 is 0. The summed E-state index contributed by atoms with van der Waals surface area (Å²) in [5.41, 5.74) is 1.11. The Morgan fingerprint density at radius 3 is 2.60 bits per heavy atom. The highest BCUT2D eigenvalue weighted by Gasteiger charge is 2.02. The second-order valence-electron chi connectivity index (χ2n) is 3.69. The van der Waals surface area contributed by atoms with Gasteiger partial charge in [0.1, 0.15) is 5.82 Å². The number of aryl methyl sites for hydroxylation is 1. The minimum Gasteiger partial charge on any atom is -0.369 e. The van der Waals surface area contributed by atoms with Gasteiger partial charge in [0, 0.05) is 18.9 Å². The molecule has 1 aromatic heterocycles. The summed E-state index contributed by atoms with van der Waals surface area (Å²) in [6.07, 6.45) is 9.65. The van der Waals surface area contributed by atoms with Gasteiger partial charge in [-0.1, -0.05) is 26.2 Å². The standard InChI is InChI=1S/C12H21N3/c1-3-5-6-7-8-11-12(13-4-2)15-10-9-14-11/h9-10H,3-8H2,1-2H3,(H,13,15). The lowest BCUT2D eigenvalue weighted by Gasteiger charge is -2.07. The van der Waals surface area contributed by atoms with E-state index in [4.69, 9.17) is 0 Å². The molecule has 84 valence electrons. The Labute approximate surface area is 92.3 Å². The van der Waals surface area contributed by atoms with E-state index in [-0.39, 0.29) is 0 Å². The molecule has 3 nitrogen and oxygen atoms in total. The first-order valence-electron chi connectivity index (χ1n) is 5.92. The molecule has 0 spiro atoms. The predicted molar refractivity (Wildman–Crippen MR) is 64.0 cm³/mol. The van der Waals surface area contributed by atoms with E-state index >= 15 is 0 Å². The molecule has 0 aliphatic carbocycles. The average molecular weight is 207 g/mol. The van der Waals surface area contributed by atoms with Crippen molar-refractivity contribution >= 4 is 5.82 Å². The van der Waals surface area contributed by atoms with Gasteiger partial charge in [0.2, 0.25) is 0 Å². The summed E-state index contributed by atoms with van der Waals surface area (Å²) in [5.74, 6) is 0.955. The fourth-order valence-corrected chi connectivity index (χ4v) is 1.58. The molecule has 0 aromatic carbocycles. The number of unbranched alkanes of at least 4 members (excludes halogenated alkanes) is 3. The molecule has 0 aliphatic rings. The molecule has 0 bridgehead atoms. The molecule has 0 fully saturated rings. The average Bonchev–Trinajstić information content (AvgIpc) is 2.27. The van der Waals surface area contributed by atoms with Crippen molar-refractivity contribution < 1.29 is 0 Å². The summed E-state index contributed by atoms with van der Waals surface area (Å²) in [7, 11) is 0. The maximum atomic E-state index is 4.37. The fourth-order valence-electron chi connectivity index (χ4n) is 1.58. The molecular weight excluding hydrogens is 186 g/mol. The second kappa shape index (κ2) is 7.21. The Kier molecular flexibility index (Phi) is 5.74. The van der Waals surface area contributed by atoms with Gasteiger partial charge < -0.3 is 5.32 Å². The molecule has 1 N–H and O–H groups in total. The molecule has 1 rings (SSSR count). The number of rotatable bonds is 7. The van der Waals surface area contributed by atoms with Crippen LogP contribution in [0.3, 0.4) is 0 Å². The van der Waals surface area contributed by atoms with E-state index in [2.05, 4.69) is 29.1 Å². The van der Waals surface area contributed by atoms with Gasteiger partial charge in [0.15, 0.2) is 0 Å². The zero-order valence-corrected chi connectivity index (χ0v) is 9.79. The van der Waals surface area contributed by atoms with E-state index in [0.29, 0.717) is 0 Å². The molecule has 1 aromatic rings. The first kappa shape index (κ1) is 12.0.